The van der Waals surface area contributed by atoms with Crippen molar-refractivity contribution in [2.75, 3.05) is 0 Å². The second kappa shape index (κ2) is 10.3. The molecule has 2 N–H and O–H groups in total. The number of benzene rings is 2. The number of halogens is 3. The lowest BCUT2D eigenvalue weighted by Crippen LogP contribution is -2.32. The molecule has 2 aromatic rings. The summed E-state index contributed by atoms with van der Waals surface area (Å²) >= 11 is 0. The first-order valence-corrected chi connectivity index (χ1v) is 10.5. The van der Waals surface area contributed by atoms with E-state index in [1.54, 1.807) is 20.8 Å². The lowest BCUT2D eigenvalue weighted by molar-refractivity contribution is -0.274. The predicted octanol–water partition coefficient (Wildman–Crippen LogP) is 6.28. The average molecular weight is 454 g/mol. The number of alkyl halides is 3. The van der Waals surface area contributed by atoms with Gasteiger partial charge < -0.3 is 19.9 Å². The number of aryl methyl sites for hydroxylation is 1. The molecule has 0 radical (unpaired) electrons. The molecule has 0 bridgehead atoms. The number of carbonyl (C=O) groups is 1. The van der Waals surface area contributed by atoms with E-state index in [4.69, 9.17) is 4.74 Å². The first-order valence-electron chi connectivity index (χ1n) is 10.5. The number of nitrogens with one attached hydrogen (secondary N) is 1. The first-order chi connectivity index (χ1) is 14.8. The number of ether oxygens (including phenoxy) is 2. The van der Waals surface area contributed by atoms with Gasteiger partial charge >= 0.3 is 12.5 Å². The van der Waals surface area contributed by atoms with E-state index in [-0.39, 0.29) is 12.3 Å². The Morgan fingerprint density at radius 3 is 2.12 bits per heavy atom. The molecule has 1 amide bonds. The summed E-state index contributed by atoms with van der Waals surface area (Å²) in [6, 6.07) is 9.31. The molecule has 176 valence electrons. The Kier molecular flexibility index (Phi) is 8.18. The van der Waals surface area contributed by atoms with Crippen LogP contribution in [0.4, 0.5) is 18.0 Å². The Morgan fingerprint density at radius 2 is 1.62 bits per heavy atom. The maximum atomic E-state index is 12.4. The largest absolute Gasteiger partial charge is 0.573 e. The predicted molar refractivity (Wildman–Crippen MR) is 116 cm³/mol. The number of aliphatic hydroxyl groups is 1. The van der Waals surface area contributed by atoms with Crippen LogP contribution in [0.2, 0.25) is 0 Å². The second-order valence-electron chi connectivity index (χ2n) is 8.41. The van der Waals surface area contributed by atoms with Crippen LogP contribution in [0.3, 0.4) is 0 Å². The molecule has 0 heterocycles. The van der Waals surface area contributed by atoms with Gasteiger partial charge in [-0.1, -0.05) is 32.0 Å². The van der Waals surface area contributed by atoms with Gasteiger partial charge in [0.15, 0.2) is 0 Å². The van der Waals surface area contributed by atoms with Crippen LogP contribution in [0.15, 0.2) is 36.4 Å². The number of hydrogen-bond donors (Lipinski definition) is 2. The van der Waals surface area contributed by atoms with E-state index in [1.165, 1.54) is 24.3 Å². The standard InChI is InChI=1S/C24H30F3NO4/c1-6-15-12-17(16-8-10-19(11-9-16)31-24(25,26)27)13-18(21(15)20(29)7-2)14-28-22(30)32-23(3,4)5/h8-13,20,29H,6-7,14H2,1-5H3,(H,28,30)/t20-/m1/s1. The fraction of sp³-hybridized carbons (Fsp3) is 0.458. The van der Waals surface area contributed by atoms with E-state index >= 15 is 0 Å². The SMILES string of the molecule is CCc1cc(-c2ccc(OC(F)(F)F)cc2)cc(CNC(=O)OC(C)(C)C)c1[C@H](O)CC. The van der Waals surface area contributed by atoms with Crippen molar-refractivity contribution < 1.29 is 32.5 Å². The molecule has 0 fully saturated rings. The molecule has 0 aliphatic heterocycles. The molecule has 0 aliphatic rings. The summed E-state index contributed by atoms with van der Waals surface area (Å²) in [6.07, 6.45) is -4.91. The van der Waals surface area contributed by atoms with Crippen molar-refractivity contribution in [2.24, 2.45) is 0 Å². The van der Waals surface area contributed by atoms with Crippen LogP contribution < -0.4 is 10.1 Å². The molecular weight excluding hydrogens is 423 g/mol. The molecule has 0 saturated heterocycles. The van der Waals surface area contributed by atoms with Gasteiger partial charge in [-0.3, -0.25) is 0 Å². The van der Waals surface area contributed by atoms with Crippen molar-refractivity contribution in [2.45, 2.75) is 72.1 Å². The summed E-state index contributed by atoms with van der Waals surface area (Å²) in [5.41, 5.74) is 3.15. The number of amides is 1. The third kappa shape index (κ3) is 7.44. The maximum absolute atomic E-state index is 12.4. The minimum absolute atomic E-state index is 0.136. The molecule has 0 aromatic heterocycles. The van der Waals surface area contributed by atoms with Crippen LogP contribution in [-0.4, -0.2) is 23.2 Å². The van der Waals surface area contributed by atoms with Crippen molar-refractivity contribution in [1.29, 1.82) is 0 Å². The smallest absolute Gasteiger partial charge is 0.444 e. The monoisotopic (exact) mass is 453 g/mol. The fourth-order valence-electron chi connectivity index (χ4n) is 3.35. The first kappa shape index (κ1) is 25.5. The second-order valence-corrected chi connectivity index (χ2v) is 8.41. The van der Waals surface area contributed by atoms with Crippen LogP contribution in [-0.2, 0) is 17.7 Å². The Bertz CT molecular complexity index is 919. The Labute approximate surface area is 186 Å². The zero-order chi connectivity index (χ0) is 24.1. The quantitative estimate of drug-likeness (QED) is 0.518. The number of hydrogen-bond acceptors (Lipinski definition) is 4. The summed E-state index contributed by atoms with van der Waals surface area (Å²) in [7, 11) is 0. The van der Waals surface area contributed by atoms with Gasteiger partial charge in [0.05, 0.1) is 6.10 Å². The summed E-state index contributed by atoms with van der Waals surface area (Å²) in [5, 5.41) is 13.3. The molecule has 0 spiro atoms. The van der Waals surface area contributed by atoms with E-state index in [0.29, 0.717) is 18.4 Å². The van der Waals surface area contributed by atoms with Gasteiger partial charge in [-0.15, -0.1) is 13.2 Å². The van der Waals surface area contributed by atoms with Crippen molar-refractivity contribution in [3.63, 3.8) is 0 Å². The summed E-state index contributed by atoms with van der Waals surface area (Å²) < 4.78 is 46.5. The molecule has 1 atom stereocenters. The van der Waals surface area contributed by atoms with Gasteiger partial charge in [0.25, 0.3) is 0 Å². The lowest BCUT2D eigenvalue weighted by atomic mass is 9.89. The normalized spacial score (nSPS) is 12.9. The Morgan fingerprint density at radius 1 is 1.03 bits per heavy atom. The van der Waals surface area contributed by atoms with Gasteiger partial charge in [-0.05, 0) is 79.6 Å². The van der Waals surface area contributed by atoms with Crippen molar-refractivity contribution in [1.82, 2.24) is 5.32 Å². The third-order valence-electron chi connectivity index (χ3n) is 4.70. The molecule has 2 rings (SSSR count). The fourth-order valence-corrected chi connectivity index (χ4v) is 3.35. The Balaban J connectivity index is 2.40. The van der Waals surface area contributed by atoms with E-state index in [0.717, 1.165) is 22.3 Å². The molecule has 8 heteroatoms. The molecule has 0 saturated carbocycles. The molecule has 2 aromatic carbocycles. The van der Waals surface area contributed by atoms with Crippen LogP contribution in [0.5, 0.6) is 5.75 Å². The van der Waals surface area contributed by atoms with Crippen LogP contribution in [0.1, 0.15) is 63.8 Å². The zero-order valence-corrected chi connectivity index (χ0v) is 19.0. The minimum Gasteiger partial charge on any atom is -0.444 e. The highest BCUT2D eigenvalue weighted by Gasteiger charge is 2.31. The van der Waals surface area contributed by atoms with E-state index in [1.807, 2.05) is 26.0 Å². The van der Waals surface area contributed by atoms with Crippen molar-refractivity contribution in [3.8, 4) is 16.9 Å². The maximum Gasteiger partial charge on any atom is 0.573 e. The summed E-state index contributed by atoms with van der Waals surface area (Å²) in [6.45, 7) is 9.25. The summed E-state index contributed by atoms with van der Waals surface area (Å²) in [4.78, 5) is 12.1. The number of aliphatic hydroxyl groups excluding tert-OH is 1. The Hall–Kier alpha value is -2.74. The van der Waals surface area contributed by atoms with E-state index in [9.17, 15) is 23.1 Å². The van der Waals surface area contributed by atoms with Crippen molar-refractivity contribution >= 4 is 6.09 Å². The average Bonchev–Trinajstić information content (AvgIpc) is 2.69. The highest BCUT2D eigenvalue weighted by atomic mass is 19.4. The van der Waals surface area contributed by atoms with Gasteiger partial charge in [0.2, 0.25) is 0 Å². The minimum atomic E-state index is -4.75. The highest BCUT2D eigenvalue weighted by molar-refractivity contribution is 5.70. The van der Waals surface area contributed by atoms with E-state index in [2.05, 4.69) is 10.1 Å². The highest BCUT2D eigenvalue weighted by Crippen LogP contribution is 2.33. The third-order valence-corrected chi connectivity index (χ3v) is 4.70. The van der Waals surface area contributed by atoms with E-state index < -0.39 is 24.2 Å². The lowest BCUT2D eigenvalue weighted by Gasteiger charge is -2.23. The van der Waals surface area contributed by atoms with Gasteiger partial charge in [-0.2, -0.15) is 0 Å². The molecule has 0 unspecified atom stereocenters. The topological polar surface area (TPSA) is 67.8 Å². The molecular formula is C24H30F3NO4. The molecule has 0 aliphatic carbocycles. The number of carbonyl (C=O) groups excluding carboxylic acids is 1. The number of rotatable bonds is 7. The molecule has 32 heavy (non-hydrogen) atoms. The van der Waals surface area contributed by atoms with Gasteiger partial charge in [-0.25, -0.2) is 4.79 Å². The van der Waals surface area contributed by atoms with Crippen molar-refractivity contribution in [3.05, 3.63) is 53.1 Å². The summed E-state index contributed by atoms with van der Waals surface area (Å²) in [5.74, 6) is -0.304. The van der Waals surface area contributed by atoms with Crippen LogP contribution in [0, 0.1) is 0 Å². The van der Waals surface area contributed by atoms with Gasteiger partial charge in [0, 0.05) is 6.54 Å². The van der Waals surface area contributed by atoms with Crippen LogP contribution in [0.25, 0.3) is 11.1 Å². The van der Waals surface area contributed by atoms with Gasteiger partial charge in [0.1, 0.15) is 11.4 Å². The molecule has 5 nitrogen and oxygen atoms in total. The number of alkyl carbamates (subject to hydrolysis) is 1. The zero-order valence-electron chi connectivity index (χ0n) is 19.0. The van der Waals surface area contributed by atoms with Crippen LogP contribution >= 0.6 is 0 Å².